The zero-order valence-electron chi connectivity index (χ0n) is 10.4. The second-order valence-corrected chi connectivity index (χ2v) is 4.82. The summed E-state index contributed by atoms with van der Waals surface area (Å²) in [4.78, 5) is 16.9. The molecule has 0 radical (unpaired) electrons. The first-order valence-electron chi connectivity index (χ1n) is 5.69. The van der Waals surface area contributed by atoms with Crippen molar-refractivity contribution >= 4 is 22.9 Å². The first-order chi connectivity index (χ1) is 9.19. The Bertz CT molecular complexity index is 652. The number of thiophene rings is 1. The van der Waals surface area contributed by atoms with Crippen LogP contribution in [0.2, 0.25) is 0 Å². The molecule has 2 heterocycles. The van der Waals surface area contributed by atoms with Crippen LogP contribution >= 0.6 is 11.3 Å². The standard InChI is InChI=1S/C14H13N3OS/c1-10-5-12(8-16-7-10)17-14(18)11-6-13(19-9-11)3-2-4-15/h5-9H,4,15H2,1H3,(H,17,18). The molecule has 96 valence electrons. The highest BCUT2D eigenvalue weighted by Gasteiger charge is 2.08. The predicted octanol–water partition coefficient (Wildman–Crippen LogP) is 2.01. The summed E-state index contributed by atoms with van der Waals surface area (Å²) in [5, 5.41) is 4.58. The van der Waals surface area contributed by atoms with Crippen molar-refractivity contribution in [3.8, 4) is 11.8 Å². The van der Waals surface area contributed by atoms with Gasteiger partial charge in [-0.2, -0.15) is 0 Å². The number of rotatable bonds is 2. The smallest absolute Gasteiger partial charge is 0.256 e. The lowest BCUT2D eigenvalue weighted by Crippen LogP contribution is -2.11. The van der Waals surface area contributed by atoms with Crippen LogP contribution in [0.15, 0.2) is 29.9 Å². The van der Waals surface area contributed by atoms with E-state index in [1.807, 2.05) is 13.0 Å². The number of anilines is 1. The van der Waals surface area contributed by atoms with Crippen molar-refractivity contribution in [3.05, 3.63) is 45.9 Å². The Morgan fingerprint density at radius 3 is 3.05 bits per heavy atom. The molecule has 0 spiro atoms. The molecule has 0 aliphatic carbocycles. The molecule has 0 aliphatic rings. The Kier molecular flexibility index (Phi) is 4.29. The van der Waals surface area contributed by atoms with Crippen LogP contribution in [0.3, 0.4) is 0 Å². The molecule has 0 bridgehead atoms. The molecule has 2 rings (SSSR count). The number of amides is 1. The number of nitrogens with two attached hydrogens (primary N) is 1. The maximum Gasteiger partial charge on any atom is 0.256 e. The van der Waals surface area contributed by atoms with E-state index in [9.17, 15) is 4.79 Å². The summed E-state index contributed by atoms with van der Waals surface area (Å²) < 4.78 is 0. The third kappa shape index (κ3) is 3.65. The van der Waals surface area contributed by atoms with E-state index in [2.05, 4.69) is 22.1 Å². The van der Waals surface area contributed by atoms with Crippen molar-refractivity contribution in [3.63, 3.8) is 0 Å². The lowest BCUT2D eigenvalue weighted by molar-refractivity contribution is 0.102. The van der Waals surface area contributed by atoms with Crippen molar-refractivity contribution in [2.75, 3.05) is 11.9 Å². The predicted molar refractivity (Wildman–Crippen MR) is 77.2 cm³/mol. The number of aromatic nitrogens is 1. The summed E-state index contributed by atoms with van der Waals surface area (Å²) in [5.41, 5.74) is 7.58. The average molecular weight is 271 g/mol. The summed E-state index contributed by atoms with van der Waals surface area (Å²) in [5.74, 6) is 5.50. The van der Waals surface area contributed by atoms with Gasteiger partial charge in [0.05, 0.1) is 28.9 Å². The van der Waals surface area contributed by atoms with E-state index in [-0.39, 0.29) is 5.91 Å². The normalized spacial score (nSPS) is 9.58. The fourth-order valence-electron chi connectivity index (χ4n) is 1.49. The van der Waals surface area contributed by atoms with Crippen LogP contribution in [0, 0.1) is 18.8 Å². The molecule has 0 aromatic carbocycles. The monoisotopic (exact) mass is 271 g/mol. The number of hydrogen-bond donors (Lipinski definition) is 2. The van der Waals surface area contributed by atoms with Gasteiger partial charge in [-0.15, -0.1) is 11.3 Å². The first kappa shape index (κ1) is 13.3. The molecule has 2 aromatic rings. The van der Waals surface area contributed by atoms with Gasteiger partial charge in [0.25, 0.3) is 5.91 Å². The van der Waals surface area contributed by atoms with Crippen molar-refractivity contribution in [2.45, 2.75) is 6.92 Å². The lowest BCUT2D eigenvalue weighted by atomic mass is 10.2. The number of hydrogen-bond acceptors (Lipinski definition) is 4. The molecular weight excluding hydrogens is 258 g/mol. The fraction of sp³-hybridized carbons (Fsp3) is 0.143. The summed E-state index contributed by atoms with van der Waals surface area (Å²) >= 11 is 1.43. The summed E-state index contributed by atoms with van der Waals surface area (Å²) in [6.07, 6.45) is 3.35. The maximum absolute atomic E-state index is 12.0. The van der Waals surface area contributed by atoms with E-state index in [4.69, 9.17) is 5.73 Å². The highest BCUT2D eigenvalue weighted by molar-refractivity contribution is 7.10. The molecule has 5 heteroatoms. The molecule has 0 unspecified atom stereocenters. The van der Waals surface area contributed by atoms with E-state index in [0.29, 0.717) is 17.8 Å². The third-order valence-corrected chi connectivity index (χ3v) is 3.15. The van der Waals surface area contributed by atoms with Gasteiger partial charge in [-0.1, -0.05) is 11.8 Å². The molecule has 0 saturated heterocycles. The second-order valence-electron chi connectivity index (χ2n) is 3.91. The van der Waals surface area contributed by atoms with E-state index >= 15 is 0 Å². The van der Waals surface area contributed by atoms with E-state index < -0.39 is 0 Å². The highest BCUT2D eigenvalue weighted by Crippen LogP contribution is 2.16. The van der Waals surface area contributed by atoms with Crippen LogP contribution in [0.25, 0.3) is 0 Å². The van der Waals surface area contributed by atoms with Gasteiger partial charge in [-0.05, 0) is 24.6 Å². The van der Waals surface area contributed by atoms with Crippen molar-refractivity contribution in [2.24, 2.45) is 5.73 Å². The fourth-order valence-corrected chi connectivity index (χ4v) is 2.24. The van der Waals surface area contributed by atoms with Gasteiger partial charge in [0.2, 0.25) is 0 Å². The summed E-state index contributed by atoms with van der Waals surface area (Å²) in [6.45, 7) is 2.24. The highest BCUT2D eigenvalue weighted by atomic mass is 32.1. The minimum atomic E-state index is -0.163. The SMILES string of the molecule is Cc1cncc(NC(=O)c2csc(C#CCN)c2)c1. The van der Waals surface area contributed by atoms with Gasteiger partial charge in [0.1, 0.15) is 0 Å². The maximum atomic E-state index is 12.0. The summed E-state index contributed by atoms with van der Waals surface area (Å²) in [6, 6.07) is 3.62. The lowest BCUT2D eigenvalue weighted by Gasteiger charge is -2.03. The molecule has 2 aromatic heterocycles. The number of carbonyl (C=O) groups is 1. The van der Waals surface area contributed by atoms with Crippen LogP contribution in [-0.4, -0.2) is 17.4 Å². The topological polar surface area (TPSA) is 68.0 Å². The zero-order valence-corrected chi connectivity index (χ0v) is 11.3. The quantitative estimate of drug-likeness (QED) is 0.821. The van der Waals surface area contributed by atoms with Gasteiger partial charge in [0, 0.05) is 11.6 Å². The second kappa shape index (κ2) is 6.14. The minimum Gasteiger partial charge on any atom is -0.321 e. The molecule has 3 N–H and O–H groups in total. The molecule has 0 aliphatic heterocycles. The zero-order chi connectivity index (χ0) is 13.7. The van der Waals surface area contributed by atoms with E-state index in [1.165, 1.54) is 11.3 Å². The van der Waals surface area contributed by atoms with Gasteiger partial charge in [-0.25, -0.2) is 0 Å². The minimum absolute atomic E-state index is 0.163. The largest absolute Gasteiger partial charge is 0.321 e. The van der Waals surface area contributed by atoms with Gasteiger partial charge >= 0.3 is 0 Å². The number of pyridine rings is 1. The van der Waals surface area contributed by atoms with Gasteiger partial charge in [0.15, 0.2) is 0 Å². The van der Waals surface area contributed by atoms with Crippen LogP contribution in [0.4, 0.5) is 5.69 Å². The van der Waals surface area contributed by atoms with Crippen LogP contribution in [-0.2, 0) is 0 Å². The molecule has 4 nitrogen and oxygen atoms in total. The molecule has 19 heavy (non-hydrogen) atoms. The van der Waals surface area contributed by atoms with Gasteiger partial charge in [-0.3, -0.25) is 9.78 Å². The Balaban J connectivity index is 2.10. The average Bonchev–Trinajstić information content (AvgIpc) is 2.85. The number of nitrogens with one attached hydrogen (secondary N) is 1. The van der Waals surface area contributed by atoms with Crippen LogP contribution < -0.4 is 11.1 Å². The van der Waals surface area contributed by atoms with E-state index in [0.717, 1.165) is 10.4 Å². The molecule has 0 saturated carbocycles. The summed E-state index contributed by atoms with van der Waals surface area (Å²) in [7, 11) is 0. The Labute approximate surface area is 115 Å². The van der Waals surface area contributed by atoms with Gasteiger partial charge < -0.3 is 11.1 Å². The number of carbonyl (C=O) groups excluding carboxylic acids is 1. The van der Waals surface area contributed by atoms with E-state index in [1.54, 1.807) is 23.8 Å². The molecular formula is C14H13N3OS. The molecule has 0 atom stereocenters. The molecule has 0 fully saturated rings. The van der Waals surface area contributed by atoms with Crippen molar-refractivity contribution in [1.82, 2.24) is 4.98 Å². The first-order valence-corrected chi connectivity index (χ1v) is 6.57. The Morgan fingerprint density at radius 1 is 1.47 bits per heavy atom. The Morgan fingerprint density at radius 2 is 2.32 bits per heavy atom. The third-order valence-electron chi connectivity index (χ3n) is 2.31. The van der Waals surface area contributed by atoms with Crippen LogP contribution in [0.5, 0.6) is 0 Å². The Hall–Kier alpha value is -2.16. The number of aryl methyl sites for hydroxylation is 1. The van der Waals surface area contributed by atoms with Crippen molar-refractivity contribution in [1.29, 1.82) is 0 Å². The van der Waals surface area contributed by atoms with Crippen LogP contribution in [0.1, 0.15) is 20.8 Å². The molecule has 1 amide bonds. The number of nitrogens with zero attached hydrogens (tertiary/aromatic N) is 1. The van der Waals surface area contributed by atoms with Crippen molar-refractivity contribution < 1.29 is 4.79 Å².